The van der Waals surface area contributed by atoms with E-state index in [4.69, 9.17) is 14.1 Å². The summed E-state index contributed by atoms with van der Waals surface area (Å²) in [4.78, 5) is 0. The Balaban J connectivity index is 1.76. The van der Waals surface area contributed by atoms with Gasteiger partial charge in [0.15, 0.2) is 0 Å². The van der Waals surface area contributed by atoms with E-state index >= 15 is 0 Å². The van der Waals surface area contributed by atoms with Gasteiger partial charge in [-0.05, 0) is 0 Å². The zero-order valence-corrected chi connectivity index (χ0v) is 22.9. The van der Waals surface area contributed by atoms with E-state index < -0.39 is 21.0 Å². The molecule has 0 heterocycles. The van der Waals surface area contributed by atoms with Gasteiger partial charge < -0.3 is 0 Å². The summed E-state index contributed by atoms with van der Waals surface area (Å²) in [6, 6.07) is 46.4. The van der Waals surface area contributed by atoms with E-state index in [0.717, 1.165) is 0 Å². The maximum atomic E-state index is 6.73. The first kappa shape index (κ1) is 23.7. The number of hydrogen-bond donors (Lipinski definition) is 0. The summed E-state index contributed by atoms with van der Waals surface area (Å²) in [5.74, 6) is 2.45. The molecular weight excluding hydrogens is 649 g/mol. The van der Waals surface area contributed by atoms with Crippen LogP contribution in [0.3, 0.4) is 0 Å². The fraction of sp³-hybridized carbons (Fsp3) is 0. The monoisotopic (exact) mass is 674 g/mol. The predicted octanol–water partition coefficient (Wildman–Crippen LogP) is 7.27. The molecule has 0 aliphatic heterocycles. The van der Waals surface area contributed by atoms with Crippen LogP contribution in [0.2, 0.25) is 0 Å². The number of para-hydroxylation sites is 5. The van der Waals surface area contributed by atoms with Crippen molar-refractivity contribution in [2.45, 2.75) is 0 Å². The van der Waals surface area contributed by atoms with Crippen LogP contribution in [0.1, 0.15) is 0 Å². The van der Waals surface area contributed by atoms with Crippen molar-refractivity contribution < 1.29 is 14.1 Å². The summed E-state index contributed by atoms with van der Waals surface area (Å²) in [5, 5.41) is 0. The summed E-state index contributed by atoms with van der Waals surface area (Å²) in [6.45, 7) is 0. The van der Waals surface area contributed by atoms with Crippen LogP contribution in [-0.2, 0) is 0 Å². The van der Waals surface area contributed by atoms with Crippen molar-refractivity contribution in [2.24, 2.45) is 0 Å². The Morgan fingerprint density at radius 3 is 0.583 bits per heavy atom. The van der Waals surface area contributed by atoms with E-state index in [9.17, 15) is 0 Å². The molecule has 0 saturated heterocycles. The molecule has 5 aromatic carbocycles. The second-order valence-corrected chi connectivity index (χ2v) is 17.1. The van der Waals surface area contributed by atoms with Gasteiger partial charge in [0.2, 0.25) is 0 Å². The molecule has 0 unspecified atom stereocenters. The summed E-state index contributed by atoms with van der Waals surface area (Å²) in [5.41, 5.74) is 0. The van der Waals surface area contributed by atoms with E-state index in [1.54, 1.807) is 0 Å². The molecule has 0 bridgehead atoms. The van der Waals surface area contributed by atoms with Gasteiger partial charge in [-0.15, -0.1) is 0 Å². The molecule has 6 heteroatoms. The van der Waals surface area contributed by atoms with Crippen LogP contribution in [0.25, 0.3) is 0 Å². The minimum absolute atomic E-state index is 0.490. The molecule has 180 valence electrons. The van der Waals surface area contributed by atoms with Crippen molar-refractivity contribution >= 4 is 21.0 Å². The van der Waals surface area contributed by atoms with E-state index in [1.165, 1.54) is 0 Å². The Bertz CT molecular complexity index is 1090. The predicted molar refractivity (Wildman–Crippen MR) is 141 cm³/mol. The van der Waals surface area contributed by atoms with Gasteiger partial charge in [-0.3, -0.25) is 0 Å². The topological polar surface area (TPSA) is 46.2 Å². The molecule has 0 spiro atoms. The third-order valence-corrected chi connectivity index (χ3v) is 14.9. The van der Waals surface area contributed by atoms with Crippen LogP contribution in [-0.4, -0.2) is 21.0 Å². The average Bonchev–Trinajstić information content (AvgIpc) is 2.91. The first-order valence-corrected chi connectivity index (χ1v) is 18.6. The molecule has 0 aliphatic rings. The maximum absolute atomic E-state index is 6.73. The number of benzene rings is 5. The summed E-state index contributed by atoms with van der Waals surface area (Å²) in [7, 11) is 0. The summed E-state index contributed by atoms with van der Waals surface area (Å²) in [6.07, 6.45) is 0. The van der Waals surface area contributed by atoms with E-state index in [2.05, 4.69) is 0 Å². The van der Waals surface area contributed by atoms with Gasteiger partial charge in [-0.2, -0.15) is 0 Å². The molecule has 0 N–H and O–H groups in total. The molecule has 5 nitrogen and oxygen atoms in total. The van der Waals surface area contributed by atoms with E-state index in [-0.39, 0.29) is 0 Å². The molecule has 0 atom stereocenters. The zero-order chi connectivity index (χ0) is 24.5. The zero-order valence-electron chi connectivity index (χ0n) is 19.4. The Hall–Kier alpha value is -4.02. The Labute approximate surface area is 214 Å². The van der Waals surface area contributed by atoms with Crippen LogP contribution in [0.5, 0.6) is 28.7 Å². The summed E-state index contributed by atoms with van der Waals surface area (Å²) < 4.78 is 33.7. The first-order valence-electron chi connectivity index (χ1n) is 11.5. The number of hydrogen-bond acceptors (Lipinski definition) is 5. The Morgan fingerprint density at radius 2 is 0.417 bits per heavy atom. The van der Waals surface area contributed by atoms with Crippen molar-refractivity contribution in [3.05, 3.63) is 152 Å². The third-order valence-electron chi connectivity index (χ3n) is 4.99. The number of rotatable bonds is 10. The molecule has 0 saturated carbocycles. The first-order chi connectivity index (χ1) is 17.7. The van der Waals surface area contributed by atoms with Gasteiger partial charge in [-0.1, -0.05) is 0 Å². The van der Waals surface area contributed by atoms with Crippen LogP contribution in [0, 0.1) is 0 Å². The third kappa shape index (κ3) is 5.78. The molecular formula is C30H25BiO5. The van der Waals surface area contributed by atoms with Crippen LogP contribution in [0.4, 0.5) is 0 Å². The van der Waals surface area contributed by atoms with Crippen molar-refractivity contribution in [2.75, 3.05) is 0 Å². The summed E-state index contributed by atoms with van der Waals surface area (Å²) >= 11 is -6.39. The SMILES string of the molecule is c1ccc([O][Bi]([O]c2ccccc2)([O]c2ccccc2)([O]c2ccccc2)[O]c2ccccc2)cc1. The minimum atomic E-state index is -6.39. The molecule has 5 rings (SSSR count). The van der Waals surface area contributed by atoms with Gasteiger partial charge in [0.1, 0.15) is 0 Å². The van der Waals surface area contributed by atoms with Crippen LogP contribution < -0.4 is 14.1 Å². The molecule has 0 fully saturated rings. The quantitative estimate of drug-likeness (QED) is 0.146. The second kappa shape index (κ2) is 10.7. The van der Waals surface area contributed by atoms with Crippen molar-refractivity contribution in [1.82, 2.24) is 0 Å². The van der Waals surface area contributed by atoms with Crippen LogP contribution in [0.15, 0.2) is 152 Å². The molecule has 0 aliphatic carbocycles. The van der Waals surface area contributed by atoms with Gasteiger partial charge in [0.25, 0.3) is 0 Å². The molecule has 5 aromatic rings. The molecule has 36 heavy (non-hydrogen) atoms. The van der Waals surface area contributed by atoms with E-state index in [0.29, 0.717) is 28.7 Å². The molecule has 0 aromatic heterocycles. The van der Waals surface area contributed by atoms with Crippen molar-refractivity contribution in [1.29, 1.82) is 0 Å². The second-order valence-electron chi connectivity index (χ2n) is 7.77. The standard InChI is InChI=1S/5C6H6O.Bi/c5*7-6-4-2-1-3-5-6;/h5*1-5,7H;/q;;;;;+5/p-5. The van der Waals surface area contributed by atoms with Gasteiger partial charge in [0.05, 0.1) is 0 Å². The Morgan fingerprint density at radius 1 is 0.250 bits per heavy atom. The fourth-order valence-electron chi connectivity index (χ4n) is 3.45. The van der Waals surface area contributed by atoms with E-state index in [1.807, 2.05) is 152 Å². The Kier molecular flexibility index (Phi) is 7.06. The van der Waals surface area contributed by atoms with Gasteiger partial charge in [-0.25, -0.2) is 0 Å². The van der Waals surface area contributed by atoms with Gasteiger partial charge in [0, 0.05) is 0 Å². The van der Waals surface area contributed by atoms with Crippen molar-refractivity contribution in [3.63, 3.8) is 0 Å². The fourth-order valence-corrected chi connectivity index (χ4v) is 14.0. The average molecular weight is 675 g/mol. The van der Waals surface area contributed by atoms with Crippen molar-refractivity contribution in [3.8, 4) is 28.7 Å². The molecule has 0 amide bonds. The normalized spacial score (nSPS) is 11.9. The van der Waals surface area contributed by atoms with Crippen LogP contribution >= 0.6 is 0 Å². The molecule has 0 radical (unpaired) electrons. The van der Waals surface area contributed by atoms with Gasteiger partial charge >= 0.3 is 215 Å².